The predicted octanol–water partition coefficient (Wildman–Crippen LogP) is 2.95. The van der Waals surface area contributed by atoms with Gasteiger partial charge in [-0.25, -0.2) is 4.98 Å². The first-order chi connectivity index (χ1) is 4.72. The largest absolute Gasteiger partial charge is 0.224 e. The minimum absolute atomic E-state index is 0.462. The lowest BCUT2D eigenvalue weighted by Gasteiger charge is -1.96. The number of aryl methyl sites for hydroxylation is 1. The van der Waals surface area contributed by atoms with Crippen LogP contribution in [0, 0.1) is 0 Å². The summed E-state index contributed by atoms with van der Waals surface area (Å²) in [4.78, 5) is 3.81. The minimum atomic E-state index is 0.462. The lowest BCUT2D eigenvalue weighted by Crippen LogP contribution is -1.82. The second-order valence-electron chi connectivity index (χ2n) is 1.97. The Balaban J connectivity index is 3.06. The van der Waals surface area contributed by atoms with Gasteiger partial charge in [0.15, 0.2) is 0 Å². The van der Waals surface area contributed by atoms with E-state index >= 15 is 0 Å². The normalized spacial score (nSPS) is 9.90. The van der Waals surface area contributed by atoms with Gasteiger partial charge in [0, 0.05) is 0 Å². The highest BCUT2D eigenvalue weighted by molar-refractivity contribution is 6.32. The summed E-state index contributed by atoms with van der Waals surface area (Å²) in [6.07, 6.45) is 0.932. The lowest BCUT2D eigenvalue weighted by molar-refractivity contribution is 1.12. The van der Waals surface area contributed by atoms with E-state index in [1.807, 2.05) is 19.1 Å². The molecule has 0 N–H and O–H groups in total. The number of halogens is 2. The highest BCUT2D eigenvalue weighted by Crippen LogP contribution is 2.14. The molecular formula is C7H7Cl2N. The van der Waals surface area contributed by atoms with E-state index in [9.17, 15) is 0 Å². The number of nitrogens with zero attached hydrogens (tertiary/aromatic N) is 1. The van der Waals surface area contributed by atoms with Crippen LogP contribution in [0.3, 0.4) is 0 Å². The molecule has 0 aromatic carbocycles. The highest BCUT2D eigenvalue weighted by atomic mass is 35.5. The van der Waals surface area contributed by atoms with Crippen molar-refractivity contribution in [1.82, 2.24) is 4.98 Å². The van der Waals surface area contributed by atoms with Gasteiger partial charge in [-0.1, -0.05) is 30.1 Å². The van der Waals surface area contributed by atoms with Crippen LogP contribution in [0.2, 0.25) is 10.3 Å². The molecule has 3 heteroatoms. The third kappa shape index (κ3) is 1.86. The number of rotatable bonds is 1. The van der Waals surface area contributed by atoms with Crippen molar-refractivity contribution in [3.63, 3.8) is 0 Å². The van der Waals surface area contributed by atoms with E-state index in [1.54, 1.807) is 0 Å². The summed E-state index contributed by atoms with van der Waals surface area (Å²) >= 11 is 11.3. The standard InChI is InChI=1S/C7H7Cl2N/c1-2-5-3-6(8)10-7(9)4-5/h3-4H,2H2,1H3. The van der Waals surface area contributed by atoms with Crippen LogP contribution >= 0.6 is 23.2 Å². The smallest absolute Gasteiger partial charge is 0.131 e. The molecule has 10 heavy (non-hydrogen) atoms. The molecule has 0 radical (unpaired) electrons. The van der Waals surface area contributed by atoms with Crippen molar-refractivity contribution in [2.75, 3.05) is 0 Å². The zero-order valence-electron chi connectivity index (χ0n) is 5.56. The van der Waals surface area contributed by atoms with Gasteiger partial charge in [-0.05, 0) is 24.1 Å². The molecule has 1 heterocycles. The monoisotopic (exact) mass is 175 g/mol. The van der Waals surface area contributed by atoms with Crippen LogP contribution in [0.15, 0.2) is 12.1 Å². The molecule has 0 atom stereocenters. The van der Waals surface area contributed by atoms with Crippen molar-refractivity contribution in [3.8, 4) is 0 Å². The Kier molecular flexibility index (Phi) is 2.52. The second-order valence-corrected chi connectivity index (χ2v) is 2.75. The van der Waals surface area contributed by atoms with Crippen LogP contribution in [0.1, 0.15) is 12.5 Å². The van der Waals surface area contributed by atoms with Gasteiger partial charge >= 0.3 is 0 Å². The van der Waals surface area contributed by atoms with Gasteiger partial charge in [0.1, 0.15) is 10.3 Å². The first kappa shape index (κ1) is 7.83. The highest BCUT2D eigenvalue weighted by Gasteiger charge is 1.95. The first-order valence-electron chi connectivity index (χ1n) is 3.04. The van der Waals surface area contributed by atoms with Crippen molar-refractivity contribution in [2.24, 2.45) is 0 Å². The molecule has 0 unspecified atom stereocenters. The zero-order valence-corrected chi connectivity index (χ0v) is 7.08. The molecule has 0 fully saturated rings. The molecule has 0 aliphatic carbocycles. The summed E-state index contributed by atoms with van der Waals surface area (Å²) in [5.74, 6) is 0. The van der Waals surface area contributed by atoms with Gasteiger partial charge in [-0.3, -0.25) is 0 Å². The summed E-state index contributed by atoms with van der Waals surface area (Å²) in [5, 5.41) is 0.925. The predicted molar refractivity (Wildman–Crippen MR) is 43.6 cm³/mol. The van der Waals surface area contributed by atoms with Crippen molar-refractivity contribution in [1.29, 1.82) is 0 Å². The molecule has 1 rings (SSSR count). The van der Waals surface area contributed by atoms with E-state index in [1.165, 1.54) is 0 Å². The third-order valence-corrected chi connectivity index (χ3v) is 1.62. The van der Waals surface area contributed by atoms with Crippen LogP contribution in [-0.4, -0.2) is 4.98 Å². The molecule has 1 aromatic rings. The summed E-state index contributed by atoms with van der Waals surface area (Å²) < 4.78 is 0. The van der Waals surface area contributed by atoms with Crippen LogP contribution in [0.5, 0.6) is 0 Å². The maximum absolute atomic E-state index is 5.63. The fourth-order valence-electron chi connectivity index (χ4n) is 0.718. The number of hydrogen-bond donors (Lipinski definition) is 0. The Labute approximate surface area is 70.0 Å². The molecule has 0 saturated heterocycles. The van der Waals surface area contributed by atoms with E-state index in [2.05, 4.69) is 4.98 Å². The topological polar surface area (TPSA) is 12.9 Å². The quantitative estimate of drug-likeness (QED) is 0.599. The van der Waals surface area contributed by atoms with E-state index in [-0.39, 0.29) is 0 Å². The van der Waals surface area contributed by atoms with Gasteiger partial charge in [0.25, 0.3) is 0 Å². The van der Waals surface area contributed by atoms with Gasteiger partial charge in [-0.15, -0.1) is 0 Å². The summed E-state index contributed by atoms with van der Waals surface area (Å²) in [6.45, 7) is 2.04. The summed E-state index contributed by atoms with van der Waals surface area (Å²) in [5.41, 5.74) is 1.12. The molecule has 0 saturated carbocycles. The molecule has 0 spiro atoms. The zero-order chi connectivity index (χ0) is 7.56. The maximum atomic E-state index is 5.63. The average Bonchev–Trinajstić information content (AvgIpc) is 1.85. The minimum Gasteiger partial charge on any atom is -0.224 e. The lowest BCUT2D eigenvalue weighted by atomic mass is 10.2. The number of aromatic nitrogens is 1. The van der Waals surface area contributed by atoms with Crippen LogP contribution in [-0.2, 0) is 6.42 Å². The van der Waals surface area contributed by atoms with E-state index in [0.717, 1.165) is 12.0 Å². The molecule has 1 aromatic heterocycles. The Bertz CT molecular complexity index is 215. The van der Waals surface area contributed by atoms with Crippen molar-refractivity contribution in [2.45, 2.75) is 13.3 Å². The molecule has 0 amide bonds. The Morgan fingerprint density at radius 1 is 1.30 bits per heavy atom. The SMILES string of the molecule is CCc1cc(Cl)nc(Cl)c1. The molecule has 0 aliphatic heterocycles. The van der Waals surface area contributed by atoms with Crippen molar-refractivity contribution in [3.05, 3.63) is 28.0 Å². The Hall–Kier alpha value is -0.270. The Morgan fingerprint density at radius 3 is 2.20 bits per heavy atom. The molecule has 0 bridgehead atoms. The maximum Gasteiger partial charge on any atom is 0.131 e. The number of hydrogen-bond acceptors (Lipinski definition) is 1. The number of pyridine rings is 1. The van der Waals surface area contributed by atoms with Gasteiger partial charge in [0.05, 0.1) is 0 Å². The van der Waals surface area contributed by atoms with Crippen molar-refractivity contribution < 1.29 is 0 Å². The second kappa shape index (κ2) is 3.22. The first-order valence-corrected chi connectivity index (χ1v) is 3.80. The molecule has 1 nitrogen and oxygen atoms in total. The van der Waals surface area contributed by atoms with Crippen LogP contribution in [0.4, 0.5) is 0 Å². The van der Waals surface area contributed by atoms with E-state index in [0.29, 0.717) is 10.3 Å². The van der Waals surface area contributed by atoms with Crippen molar-refractivity contribution >= 4 is 23.2 Å². The summed E-state index contributed by atoms with van der Waals surface area (Å²) in [6, 6.07) is 3.63. The fourth-order valence-corrected chi connectivity index (χ4v) is 1.22. The fraction of sp³-hybridized carbons (Fsp3) is 0.286. The van der Waals surface area contributed by atoms with Crippen LogP contribution < -0.4 is 0 Å². The molecule has 54 valence electrons. The third-order valence-electron chi connectivity index (χ3n) is 1.23. The molecular weight excluding hydrogens is 169 g/mol. The van der Waals surface area contributed by atoms with E-state index in [4.69, 9.17) is 23.2 Å². The molecule has 0 aliphatic rings. The van der Waals surface area contributed by atoms with Gasteiger partial charge < -0.3 is 0 Å². The average molecular weight is 176 g/mol. The Morgan fingerprint density at radius 2 is 1.80 bits per heavy atom. The van der Waals surface area contributed by atoms with Gasteiger partial charge in [-0.2, -0.15) is 0 Å². The van der Waals surface area contributed by atoms with Crippen LogP contribution in [0.25, 0.3) is 0 Å². The van der Waals surface area contributed by atoms with E-state index < -0.39 is 0 Å². The summed E-state index contributed by atoms with van der Waals surface area (Å²) in [7, 11) is 0. The van der Waals surface area contributed by atoms with Gasteiger partial charge in [0.2, 0.25) is 0 Å².